The van der Waals surface area contributed by atoms with Gasteiger partial charge in [0, 0.05) is 0 Å². The van der Waals surface area contributed by atoms with Gasteiger partial charge >= 0.3 is 0 Å². The lowest BCUT2D eigenvalue weighted by atomic mass is 9.86. The molecule has 1 heterocycles. The molecule has 0 aliphatic rings. The van der Waals surface area contributed by atoms with Crippen molar-refractivity contribution in [2.24, 2.45) is 0 Å². The Morgan fingerprint density at radius 2 is 1.65 bits per heavy atom. The predicted molar refractivity (Wildman–Crippen MR) is 81.4 cm³/mol. The molecule has 3 nitrogen and oxygen atoms in total. The topological polar surface area (TPSA) is 52.5 Å². The van der Waals surface area contributed by atoms with Crippen LogP contribution in [0.1, 0.15) is 46.0 Å². The van der Waals surface area contributed by atoms with Gasteiger partial charge in [0.2, 0.25) is 0 Å². The quantitative estimate of drug-likeness (QED) is 0.887. The first kappa shape index (κ1) is 14.3. The second-order valence-electron chi connectivity index (χ2n) is 6.71. The molecule has 0 amide bonds. The Bertz CT molecular complexity index is 634. The van der Waals surface area contributed by atoms with Gasteiger partial charge in [-0.1, -0.05) is 45.0 Å². The molecule has 0 unspecified atom stereocenters. The van der Waals surface area contributed by atoms with Crippen LogP contribution in [0.3, 0.4) is 0 Å². The second-order valence-corrected chi connectivity index (χ2v) is 6.71. The van der Waals surface area contributed by atoms with Crippen LogP contribution in [0.5, 0.6) is 0 Å². The average Bonchev–Trinajstić information content (AvgIpc) is 2.88. The van der Waals surface area contributed by atoms with E-state index in [2.05, 4.69) is 61.1 Å². The lowest BCUT2D eigenvalue weighted by Gasteiger charge is -2.19. The molecular weight excluding hydrogens is 246 g/mol. The number of nitrogens with zero attached hydrogens (tertiary/aromatic N) is 2. The van der Waals surface area contributed by atoms with Crippen LogP contribution in [0.4, 0.5) is 0 Å². The van der Waals surface area contributed by atoms with Crippen LogP contribution >= 0.6 is 0 Å². The van der Waals surface area contributed by atoms with Gasteiger partial charge in [-0.15, -0.1) is 0 Å². The summed E-state index contributed by atoms with van der Waals surface area (Å²) in [5, 5.41) is 9.14. The van der Waals surface area contributed by atoms with Gasteiger partial charge in [-0.05, 0) is 30.4 Å². The molecule has 2 aromatic rings. The van der Waals surface area contributed by atoms with Crippen LogP contribution in [0.2, 0.25) is 0 Å². The largest absolute Gasteiger partial charge is 0.341 e. The minimum atomic E-state index is -0.594. The first-order valence-electron chi connectivity index (χ1n) is 6.82. The normalized spacial score (nSPS) is 12.2. The van der Waals surface area contributed by atoms with Crippen molar-refractivity contribution in [3.63, 3.8) is 0 Å². The Morgan fingerprint density at radius 1 is 1.05 bits per heavy atom. The van der Waals surface area contributed by atoms with Crippen molar-refractivity contribution in [3.05, 3.63) is 41.9 Å². The smallest absolute Gasteiger partial charge is 0.126 e. The maximum atomic E-state index is 9.14. The summed E-state index contributed by atoms with van der Waals surface area (Å²) < 4.78 is 0. The van der Waals surface area contributed by atoms with Crippen molar-refractivity contribution in [1.29, 1.82) is 5.26 Å². The van der Waals surface area contributed by atoms with E-state index in [-0.39, 0.29) is 5.41 Å². The van der Waals surface area contributed by atoms with Crippen LogP contribution in [0.25, 0.3) is 11.3 Å². The van der Waals surface area contributed by atoms with Gasteiger partial charge in [0.25, 0.3) is 0 Å². The van der Waals surface area contributed by atoms with Crippen molar-refractivity contribution < 1.29 is 0 Å². The zero-order valence-electron chi connectivity index (χ0n) is 12.8. The van der Waals surface area contributed by atoms with E-state index in [4.69, 9.17) is 5.26 Å². The maximum Gasteiger partial charge on any atom is 0.126 e. The summed E-state index contributed by atoms with van der Waals surface area (Å²) in [4.78, 5) is 7.57. The molecule has 3 heteroatoms. The van der Waals surface area contributed by atoms with Crippen LogP contribution in [-0.4, -0.2) is 9.97 Å². The molecule has 0 saturated heterocycles. The SMILES string of the molecule is CC(C)(C)c1ccc(-c2cnc(C(C)(C)C#N)[nH]2)cc1. The molecule has 1 N–H and O–H groups in total. The highest BCUT2D eigenvalue weighted by molar-refractivity contribution is 5.59. The Morgan fingerprint density at radius 3 is 2.15 bits per heavy atom. The molecular formula is C17H21N3. The monoisotopic (exact) mass is 267 g/mol. The Balaban J connectivity index is 2.32. The van der Waals surface area contributed by atoms with E-state index in [1.54, 1.807) is 6.20 Å². The van der Waals surface area contributed by atoms with E-state index >= 15 is 0 Å². The summed E-state index contributed by atoms with van der Waals surface area (Å²) >= 11 is 0. The van der Waals surface area contributed by atoms with Crippen LogP contribution < -0.4 is 0 Å². The summed E-state index contributed by atoms with van der Waals surface area (Å²) in [5.41, 5.74) is 2.90. The fourth-order valence-corrected chi connectivity index (χ4v) is 1.99. The van der Waals surface area contributed by atoms with Gasteiger partial charge in [-0.3, -0.25) is 0 Å². The zero-order valence-corrected chi connectivity index (χ0v) is 12.8. The lowest BCUT2D eigenvalue weighted by Crippen LogP contribution is -2.15. The van der Waals surface area contributed by atoms with Gasteiger partial charge in [-0.25, -0.2) is 4.98 Å². The molecule has 0 atom stereocenters. The Hall–Kier alpha value is -2.08. The molecule has 2 rings (SSSR count). The molecule has 0 aliphatic heterocycles. The molecule has 0 fully saturated rings. The number of rotatable bonds is 2. The van der Waals surface area contributed by atoms with Gasteiger partial charge < -0.3 is 4.98 Å². The lowest BCUT2D eigenvalue weighted by molar-refractivity contribution is 0.590. The highest BCUT2D eigenvalue weighted by atomic mass is 14.9. The van der Waals surface area contributed by atoms with E-state index in [0.717, 1.165) is 11.3 Å². The summed E-state index contributed by atoms with van der Waals surface area (Å²) in [5.74, 6) is 0.704. The van der Waals surface area contributed by atoms with Gasteiger partial charge in [0.15, 0.2) is 0 Å². The van der Waals surface area contributed by atoms with E-state index in [0.29, 0.717) is 5.82 Å². The highest BCUT2D eigenvalue weighted by Crippen LogP contribution is 2.27. The molecule has 1 aromatic heterocycles. The minimum Gasteiger partial charge on any atom is -0.341 e. The van der Waals surface area contributed by atoms with Crippen molar-refractivity contribution in [2.45, 2.75) is 45.4 Å². The van der Waals surface area contributed by atoms with E-state index in [1.807, 2.05) is 13.8 Å². The summed E-state index contributed by atoms with van der Waals surface area (Å²) in [6.45, 7) is 10.3. The molecule has 0 saturated carbocycles. The Kier molecular flexibility index (Phi) is 3.43. The van der Waals surface area contributed by atoms with E-state index in [9.17, 15) is 0 Å². The van der Waals surface area contributed by atoms with Gasteiger partial charge in [0.1, 0.15) is 11.2 Å². The number of benzene rings is 1. The second kappa shape index (κ2) is 4.79. The summed E-state index contributed by atoms with van der Waals surface area (Å²) in [7, 11) is 0. The number of imidazole rings is 1. The highest BCUT2D eigenvalue weighted by Gasteiger charge is 2.23. The predicted octanol–water partition coefficient (Wildman–Crippen LogP) is 4.18. The summed E-state index contributed by atoms with van der Waals surface area (Å²) in [6.07, 6.45) is 1.79. The average molecular weight is 267 g/mol. The molecule has 1 aromatic carbocycles. The first-order chi connectivity index (χ1) is 9.24. The molecule has 0 aliphatic carbocycles. The fraction of sp³-hybridized carbons (Fsp3) is 0.412. The van der Waals surface area contributed by atoms with Gasteiger partial charge in [-0.2, -0.15) is 5.26 Å². The third kappa shape index (κ3) is 2.75. The maximum absolute atomic E-state index is 9.14. The third-order valence-electron chi connectivity index (χ3n) is 3.51. The number of nitrogens with one attached hydrogen (secondary N) is 1. The van der Waals surface area contributed by atoms with Crippen molar-refractivity contribution in [3.8, 4) is 17.3 Å². The Labute approximate surface area is 120 Å². The number of aromatic amines is 1. The zero-order chi connectivity index (χ0) is 15.0. The van der Waals surface area contributed by atoms with Gasteiger partial charge in [0.05, 0.1) is 18.0 Å². The first-order valence-corrected chi connectivity index (χ1v) is 6.82. The molecule has 0 radical (unpaired) electrons. The minimum absolute atomic E-state index is 0.153. The fourth-order valence-electron chi connectivity index (χ4n) is 1.99. The summed E-state index contributed by atoms with van der Waals surface area (Å²) in [6, 6.07) is 10.7. The van der Waals surface area contributed by atoms with Crippen molar-refractivity contribution in [2.75, 3.05) is 0 Å². The number of H-pyrrole nitrogens is 1. The van der Waals surface area contributed by atoms with Crippen molar-refractivity contribution >= 4 is 0 Å². The molecule has 0 bridgehead atoms. The standard InChI is InChI=1S/C17H21N3/c1-16(2,3)13-8-6-12(7-9-13)14-10-19-15(20-14)17(4,5)11-18/h6-10H,1-5H3,(H,19,20). The van der Waals surface area contributed by atoms with Crippen LogP contribution in [-0.2, 0) is 10.8 Å². The molecule has 20 heavy (non-hydrogen) atoms. The van der Waals surface area contributed by atoms with Crippen molar-refractivity contribution in [1.82, 2.24) is 9.97 Å². The number of nitriles is 1. The number of hydrogen-bond donors (Lipinski definition) is 1. The number of aromatic nitrogens is 2. The van der Waals surface area contributed by atoms with E-state index < -0.39 is 5.41 Å². The molecule has 0 spiro atoms. The van der Waals surface area contributed by atoms with E-state index in [1.165, 1.54) is 5.56 Å². The van der Waals surface area contributed by atoms with Crippen LogP contribution in [0.15, 0.2) is 30.5 Å². The third-order valence-corrected chi connectivity index (χ3v) is 3.51. The molecule has 104 valence electrons. The van der Waals surface area contributed by atoms with Crippen LogP contribution in [0, 0.1) is 11.3 Å². The number of hydrogen-bond acceptors (Lipinski definition) is 2.